The number of non-ortho nitro benzene ring substituents is 1. The van der Waals surface area contributed by atoms with Crippen LogP contribution in [-0.2, 0) is 0 Å². The Balaban J connectivity index is 1.58. The molecule has 1 atom stereocenters. The number of rotatable bonds is 4. The van der Waals surface area contributed by atoms with Gasteiger partial charge in [-0.15, -0.1) is 5.10 Å². The van der Waals surface area contributed by atoms with Gasteiger partial charge in [0, 0.05) is 23.4 Å². The fourth-order valence-corrected chi connectivity index (χ4v) is 2.98. The molecule has 0 fully saturated rings. The highest BCUT2D eigenvalue weighted by molar-refractivity contribution is 6.03. The summed E-state index contributed by atoms with van der Waals surface area (Å²) in [4.78, 5) is 27.0. The minimum Gasteiger partial charge on any atom is -0.329 e. The van der Waals surface area contributed by atoms with Crippen molar-refractivity contribution in [1.29, 1.82) is 0 Å². The van der Waals surface area contributed by atoms with E-state index in [0.717, 1.165) is 11.3 Å². The third-order valence-electron chi connectivity index (χ3n) is 4.32. The number of anilines is 2. The summed E-state index contributed by atoms with van der Waals surface area (Å²) in [6, 6.07) is 15.0. The first-order chi connectivity index (χ1) is 13.5. The molecule has 2 N–H and O–H groups in total. The first-order valence-electron chi connectivity index (χ1n) is 8.54. The van der Waals surface area contributed by atoms with Crippen molar-refractivity contribution in [3.05, 3.63) is 87.6 Å². The molecule has 1 aliphatic heterocycles. The summed E-state index contributed by atoms with van der Waals surface area (Å²) in [5, 5.41) is 20.9. The van der Waals surface area contributed by atoms with E-state index >= 15 is 0 Å². The van der Waals surface area contributed by atoms with Gasteiger partial charge in [0.15, 0.2) is 0 Å². The standard InChI is InChI=1S/C19H16N6O3/c1-12-11-16(13-5-3-2-4-6-13)24-19(20-12)22-18(23-24)21-17(26)14-7-9-15(10-8-14)25(27)28/h2-11,16H,1H3,(H2,20,21,22,23,26). The molecular weight excluding hydrogens is 360 g/mol. The van der Waals surface area contributed by atoms with E-state index in [4.69, 9.17) is 0 Å². The van der Waals surface area contributed by atoms with Crippen LogP contribution in [0.2, 0.25) is 0 Å². The maximum Gasteiger partial charge on any atom is 0.269 e. The molecule has 9 heteroatoms. The number of aromatic nitrogens is 3. The van der Waals surface area contributed by atoms with Crippen molar-refractivity contribution in [3.8, 4) is 0 Å². The van der Waals surface area contributed by atoms with Crippen molar-refractivity contribution in [2.75, 3.05) is 10.6 Å². The van der Waals surface area contributed by atoms with Crippen molar-refractivity contribution in [2.45, 2.75) is 13.0 Å². The third-order valence-corrected chi connectivity index (χ3v) is 4.32. The topological polar surface area (TPSA) is 115 Å². The maximum atomic E-state index is 12.4. The van der Waals surface area contributed by atoms with Crippen LogP contribution in [0.25, 0.3) is 0 Å². The van der Waals surface area contributed by atoms with Gasteiger partial charge in [0.2, 0.25) is 5.95 Å². The fraction of sp³-hybridized carbons (Fsp3) is 0.105. The molecule has 1 unspecified atom stereocenters. The maximum absolute atomic E-state index is 12.4. The van der Waals surface area contributed by atoms with Gasteiger partial charge in [0.25, 0.3) is 17.5 Å². The van der Waals surface area contributed by atoms with Gasteiger partial charge in [-0.05, 0) is 30.7 Å². The summed E-state index contributed by atoms with van der Waals surface area (Å²) >= 11 is 0. The molecule has 9 nitrogen and oxygen atoms in total. The molecule has 0 bridgehead atoms. The number of fused-ring (bicyclic) bond motifs is 1. The van der Waals surface area contributed by atoms with Crippen molar-refractivity contribution < 1.29 is 9.72 Å². The van der Waals surface area contributed by atoms with E-state index < -0.39 is 10.8 Å². The minimum absolute atomic E-state index is 0.0800. The monoisotopic (exact) mass is 376 g/mol. The summed E-state index contributed by atoms with van der Waals surface area (Å²) in [6.07, 6.45) is 2.03. The molecular formula is C19H16N6O3. The number of nitro benzene ring substituents is 1. The SMILES string of the molecule is CC1=CC(c2ccccc2)n2nc(NC(=O)c3ccc([N+](=O)[O-])cc3)nc2N1. The molecule has 0 saturated heterocycles. The molecule has 140 valence electrons. The number of allylic oxidation sites excluding steroid dienone is 2. The number of benzene rings is 2. The van der Waals surface area contributed by atoms with Crippen molar-refractivity contribution in [1.82, 2.24) is 14.8 Å². The van der Waals surface area contributed by atoms with Crippen LogP contribution in [0.1, 0.15) is 28.9 Å². The first kappa shape index (κ1) is 17.4. The van der Waals surface area contributed by atoms with E-state index in [9.17, 15) is 14.9 Å². The molecule has 0 radical (unpaired) electrons. The Morgan fingerprint density at radius 1 is 1.18 bits per heavy atom. The zero-order valence-electron chi connectivity index (χ0n) is 14.9. The highest BCUT2D eigenvalue weighted by Gasteiger charge is 2.24. The summed E-state index contributed by atoms with van der Waals surface area (Å²) in [7, 11) is 0. The van der Waals surface area contributed by atoms with E-state index in [-0.39, 0.29) is 23.2 Å². The first-order valence-corrected chi connectivity index (χ1v) is 8.54. The largest absolute Gasteiger partial charge is 0.329 e. The van der Waals surface area contributed by atoms with E-state index in [1.165, 1.54) is 24.3 Å². The minimum atomic E-state index is -0.516. The van der Waals surface area contributed by atoms with Gasteiger partial charge < -0.3 is 5.32 Å². The summed E-state index contributed by atoms with van der Waals surface area (Å²) in [5.74, 6) is 0.224. The Morgan fingerprint density at radius 3 is 2.57 bits per heavy atom. The average Bonchev–Trinajstić information content (AvgIpc) is 3.10. The van der Waals surface area contributed by atoms with E-state index in [2.05, 4.69) is 20.7 Å². The van der Waals surface area contributed by atoms with Crippen LogP contribution in [0.5, 0.6) is 0 Å². The Hall–Kier alpha value is -4.01. The number of hydrogen-bond acceptors (Lipinski definition) is 6. The number of carbonyl (C=O) groups is 1. The van der Waals surface area contributed by atoms with Gasteiger partial charge in [-0.2, -0.15) is 4.98 Å². The molecule has 28 heavy (non-hydrogen) atoms. The summed E-state index contributed by atoms with van der Waals surface area (Å²) < 4.78 is 1.70. The van der Waals surface area contributed by atoms with Gasteiger partial charge in [-0.1, -0.05) is 30.3 Å². The molecule has 0 aliphatic carbocycles. The highest BCUT2D eigenvalue weighted by atomic mass is 16.6. The van der Waals surface area contributed by atoms with Crippen LogP contribution < -0.4 is 10.6 Å². The molecule has 3 aromatic rings. The fourth-order valence-electron chi connectivity index (χ4n) is 2.98. The van der Waals surface area contributed by atoms with Crippen molar-refractivity contribution >= 4 is 23.5 Å². The van der Waals surface area contributed by atoms with Crippen LogP contribution in [0.15, 0.2) is 66.4 Å². The number of amides is 1. The molecule has 0 saturated carbocycles. The van der Waals surface area contributed by atoms with Crippen molar-refractivity contribution in [2.24, 2.45) is 0 Å². The van der Waals surface area contributed by atoms with Crippen LogP contribution in [0, 0.1) is 10.1 Å². The van der Waals surface area contributed by atoms with Gasteiger partial charge in [0.1, 0.15) is 6.04 Å². The lowest BCUT2D eigenvalue weighted by molar-refractivity contribution is -0.384. The Bertz CT molecular complexity index is 1070. The number of carbonyl (C=O) groups excluding carboxylic acids is 1. The van der Waals surface area contributed by atoms with Gasteiger partial charge in [-0.3, -0.25) is 20.2 Å². The number of hydrogen-bond donors (Lipinski definition) is 2. The van der Waals surface area contributed by atoms with E-state index in [1.807, 2.05) is 43.3 Å². The smallest absolute Gasteiger partial charge is 0.269 e. The number of nitro groups is 1. The second-order valence-electron chi connectivity index (χ2n) is 6.29. The van der Waals surface area contributed by atoms with Crippen molar-refractivity contribution in [3.63, 3.8) is 0 Å². The van der Waals surface area contributed by atoms with Crippen LogP contribution >= 0.6 is 0 Å². The second kappa shape index (κ2) is 6.95. The summed E-state index contributed by atoms with van der Waals surface area (Å²) in [5.41, 5.74) is 2.17. The molecule has 1 amide bonds. The van der Waals surface area contributed by atoms with E-state index in [0.29, 0.717) is 5.95 Å². The predicted octanol–water partition coefficient (Wildman–Crippen LogP) is 3.36. The van der Waals surface area contributed by atoms with Gasteiger partial charge in [-0.25, -0.2) is 4.68 Å². The van der Waals surface area contributed by atoms with E-state index in [1.54, 1.807) is 4.68 Å². The highest BCUT2D eigenvalue weighted by Crippen LogP contribution is 2.29. The Morgan fingerprint density at radius 2 is 1.89 bits per heavy atom. The quantitative estimate of drug-likeness (QED) is 0.533. The molecule has 0 spiro atoms. The summed E-state index contributed by atoms with van der Waals surface area (Å²) in [6.45, 7) is 1.93. The normalized spacial score (nSPS) is 15.2. The van der Waals surface area contributed by atoms with Crippen LogP contribution in [0.3, 0.4) is 0 Å². The van der Waals surface area contributed by atoms with Gasteiger partial charge >= 0.3 is 0 Å². The lowest BCUT2D eigenvalue weighted by Crippen LogP contribution is -2.19. The van der Waals surface area contributed by atoms with Crippen LogP contribution in [0.4, 0.5) is 17.6 Å². The number of nitrogens with one attached hydrogen (secondary N) is 2. The number of nitrogens with zero attached hydrogens (tertiary/aromatic N) is 4. The molecule has 4 rings (SSSR count). The lowest BCUT2D eigenvalue weighted by Gasteiger charge is -2.22. The predicted molar refractivity (Wildman–Crippen MR) is 103 cm³/mol. The molecule has 1 aliphatic rings. The zero-order valence-corrected chi connectivity index (χ0v) is 14.9. The third kappa shape index (κ3) is 3.32. The molecule has 2 heterocycles. The average molecular weight is 376 g/mol. The van der Waals surface area contributed by atoms with Gasteiger partial charge in [0.05, 0.1) is 4.92 Å². The zero-order chi connectivity index (χ0) is 19.7. The van der Waals surface area contributed by atoms with Crippen LogP contribution in [-0.4, -0.2) is 25.6 Å². The molecule has 1 aromatic heterocycles. The lowest BCUT2D eigenvalue weighted by atomic mass is 10.1. The molecule has 2 aromatic carbocycles. The Labute approximate surface area is 159 Å². The second-order valence-corrected chi connectivity index (χ2v) is 6.29. The Kier molecular flexibility index (Phi) is 4.32.